The topological polar surface area (TPSA) is 43.8 Å². The number of nitrogens with two attached hydrogens (primary N) is 1. The monoisotopic (exact) mass is 183 g/mol. The summed E-state index contributed by atoms with van der Waals surface area (Å²) in [6.45, 7) is 0.434. The summed E-state index contributed by atoms with van der Waals surface area (Å²) in [7, 11) is 0. The van der Waals surface area contributed by atoms with E-state index in [1.807, 2.05) is 6.07 Å². The molecule has 1 heterocycles. The van der Waals surface area contributed by atoms with Crippen LogP contribution in [0, 0.1) is 0 Å². The van der Waals surface area contributed by atoms with E-state index >= 15 is 0 Å². The van der Waals surface area contributed by atoms with Crippen LogP contribution in [0.3, 0.4) is 0 Å². The van der Waals surface area contributed by atoms with Crippen molar-refractivity contribution in [1.29, 1.82) is 0 Å². The number of hydrogen-bond acceptors (Lipinski definition) is 2. The Hall–Kier alpha value is -0.900. The predicted molar refractivity (Wildman–Crippen MR) is 47.9 cm³/mol. The molecule has 0 aliphatic heterocycles. The van der Waals surface area contributed by atoms with Crippen LogP contribution in [0.15, 0.2) is 12.3 Å². The Bertz CT molecular complexity index is 284. The zero-order valence-corrected chi connectivity index (χ0v) is 7.49. The zero-order valence-electron chi connectivity index (χ0n) is 7.49. The molecule has 72 valence electrons. The van der Waals surface area contributed by atoms with E-state index in [1.165, 1.54) is 0 Å². The quantitative estimate of drug-likeness (QED) is 0.753. The van der Waals surface area contributed by atoms with Gasteiger partial charge in [-0.3, -0.25) is 4.68 Å². The maximum absolute atomic E-state index is 13.4. The lowest BCUT2D eigenvalue weighted by Crippen LogP contribution is -2.19. The lowest BCUT2D eigenvalue weighted by Gasteiger charge is -2.15. The molecule has 2 N–H and O–H groups in total. The summed E-state index contributed by atoms with van der Waals surface area (Å²) in [4.78, 5) is 0. The SMILES string of the molecule is NCc1ccnn1C1CCCC1F. The maximum atomic E-state index is 13.4. The van der Waals surface area contributed by atoms with Crippen molar-refractivity contribution in [1.82, 2.24) is 9.78 Å². The van der Waals surface area contributed by atoms with Crippen LogP contribution in [0.2, 0.25) is 0 Å². The third-order valence-corrected chi connectivity index (χ3v) is 2.67. The summed E-state index contributed by atoms with van der Waals surface area (Å²) in [5.41, 5.74) is 6.45. The molecule has 1 saturated carbocycles. The van der Waals surface area contributed by atoms with Gasteiger partial charge in [-0.1, -0.05) is 0 Å². The van der Waals surface area contributed by atoms with E-state index in [4.69, 9.17) is 5.73 Å². The van der Waals surface area contributed by atoms with Crippen LogP contribution in [0.1, 0.15) is 31.0 Å². The molecule has 2 rings (SSSR count). The smallest absolute Gasteiger partial charge is 0.122 e. The van der Waals surface area contributed by atoms with E-state index in [0.717, 1.165) is 18.5 Å². The van der Waals surface area contributed by atoms with Crippen molar-refractivity contribution in [3.05, 3.63) is 18.0 Å². The molecule has 0 aromatic carbocycles. The molecule has 1 aromatic heterocycles. The number of rotatable bonds is 2. The highest BCUT2D eigenvalue weighted by atomic mass is 19.1. The Balaban J connectivity index is 2.23. The fourth-order valence-corrected chi connectivity index (χ4v) is 1.97. The van der Waals surface area contributed by atoms with Crippen molar-refractivity contribution in [2.75, 3.05) is 0 Å². The van der Waals surface area contributed by atoms with Crippen molar-refractivity contribution in [3.8, 4) is 0 Å². The van der Waals surface area contributed by atoms with Gasteiger partial charge in [0.15, 0.2) is 0 Å². The minimum Gasteiger partial charge on any atom is -0.325 e. The molecule has 0 bridgehead atoms. The molecular formula is C9H14FN3. The summed E-state index contributed by atoms with van der Waals surface area (Å²) in [5.74, 6) is 0. The van der Waals surface area contributed by atoms with Gasteiger partial charge in [0.1, 0.15) is 6.17 Å². The first-order valence-corrected chi connectivity index (χ1v) is 4.69. The van der Waals surface area contributed by atoms with Gasteiger partial charge in [0, 0.05) is 12.7 Å². The molecule has 2 atom stereocenters. The molecule has 3 nitrogen and oxygen atoms in total. The first kappa shape index (κ1) is 8.69. The van der Waals surface area contributed by atoms with Crippen LogP contribution >= 0.6 is 0 Å². The van der Waals surface area contributed by atoms with Crippen LogP contribution < -0.4 is 5.73 Å². The highest BCUT2D eigenvalue weighted by Gasteiger charge is 2.29. The average molecular weight is 183 g/mol. The molecule has 0 radical (unpaired) electrons. The molecular weight excluding hydrogens is 169 g/mol. The molecule has 1 fully saturated rings. The number of hydrogen-bond donors (Lipinski definition) is 1. The summed E-state index contributed by atoms with van der Waals surface area (Å²) < 4.78 is 15.1. The third-order valence-electron chi connectivity index (χ3n) is 2.67. The molecule has 0 spiro atoms. The van der Waals surface area contributed by atoms with E-state index in [2.05, 4.69) is 5.10 Å². The van der Waals surface area contributed by atoms with Crippen molar-refractivity contribution >= 4 is 0 Å². The summed E-state index contributed by atoms with van der Waals surface area (Å²) >= 11 is 0. The minimum atomic E-state index is -0.745. The van der Waals surface area contributed by atoms with Gasteiger partial charge >= 0.3 is 0 Å². The van der Waals surface area contributed by atoms with E-state index in [9.17, 15) is 4.39 Å². The van der Waals surface area contributed by atoms with Crippen LogP contribution in [-0.4, -0.2) is 16.0 Å². The second kappa shape index (κ2) is 3.46. The van der Waals surface area contributed by atoms with Crippen molar-refractivity contribution in [2.24, 2.45) is 5.73 Å². The molecule has 0 saturated heterocycles. The average Bonchev–Trinajstić information content (AvgIpc) is 2.71. The van der Waals surface area contributed by atoms with Crippen molar-refractivity contribution < 1.29 is 4.39 Å². The van der Waals surface area contributed by atoms with Gasteiger partial charge < -0.3 is 5.73 Å². The molecule has 2 unspecified atom stereocenters. The van der Waals surface area contributed by atoms with Crippen LogP contribution in [0.25, 0.3) is 0 Å². The van der Waals surface area contributed by atoms with Gasteiger partial charge in [0.25, 0.3) is 0 Å². The van der Waals surface area contributed by atoms with Crippen LogP contribution in [0.5, 0.6) is 0 Å². The van der Waals surface area contributed by atoms with Crippen LogP contribution in [-0.2, 0) is 6.54 Å². The summed E-state index contributed by atoms with van der Waals surface area (Å²) in [6.07, 6.45) is 3.44. The highest BCUT2D eigenvalue weighted by molar-refractivity contribution is 5.02. The van der Waals surface area contributed by atoms with Gasteiger partial charge in [-0.25, -0.2) is 4.39 Å². The van der Waals surface area contributed by atoms with Gasteiger partial charge in [-0.15, -0.1) is 0 Å². The Kier molecular flexibility index (Phi) is 2.31. The fraction of sp³-hybridized carbons (Fsp3) is 0.667. The van der Waals surface area contributed by atoms with E-state index in [1.54, 1.807) is 10.9 Å². The lowest BCUT2D eigenvalue weighted by atomic mass is 10.2. The van der Waals surface area contributed by atoms with E-state index < -0.39 is 6.17 Å². The van der Waals surface area contributed by atoms with E-state index in [-0.39, 0.29) is 6.04 Å². The fourth-order valence-electron chi connectivity index (χ4n) is 1.97. The second-order valence-corrected chi connectivity index (χ2v) is 3.49. The Morgan fingerprint density at radius 2 is 2.46 bits per heavy atom. The number of halogens is 1. The molecule has 1 aliphatic rings. The van der Waals surface area contributed by atoms with Gasteiger partial charge in [-0.05, 0) is 25.3 Å². The summed E-state index contributed by atoms with van der Waals surface area (Å²) in [6, 6.07) is 1.78. The first-order chi connectivity index (χ1) is 6.33. The standard InChI is InChI=1S/C9H14FN3/c10-8-2-1-3-9(8)13-7(6-11)4-5-12-13/h4-5,8-9H,1-3,6,11H2. The molecule has 1 aliphatic carbocycles. The largest absolute Gasteiger partial charge is 0.325 e. The molecule has 4 heteroatoms. The predicted octanol–water partition coefficient (Wildman–Crippen LogP) is 1.40. The normalized spacial score (nSPS) is 28.2. The Morgan fingerprint density at radius 1 is 1.62 bits per heavy atom. The number of aromatic nitrogens is 2. The van der Waals surface area contributed by atoms with Crippen molar-refractivity contribution in [2.45, 2.75) is 38.0 Å². The minimum absolute atomic E-state index is 0.0754. The summed E-state index contributed by atoms with van der Waals surface area (Å²) in [5, 5.41) is 4.12. The molecule has 1 aromatic rings. The van der Waals surface area contributed by atoms with Crippen molar-refractivity contribution in [3.63, 3.8) is 0 Å². The highest BCUT2D eigenvalue weighted by Crippen LogP contribution is 2.32. The Labute approximate surface area is 76.7 Å². The number of nitrogens with zero attached hydrogens (tertiary/aromatic N) is 2. The lowest BCUT2D eigenvalue weighted by molar-refractivity contribution is 0.246. The second-order valence-electron chi connectivity index (χ2n) is 3.49. The first-order valence-electron chi connectivity index (χ1n) is 4.69. The number of alkyl halides is 1. The van der Waals surface area contributed by atoms with E-state index in [0.29, 0.717) is 13.0 Å². The van der Waals surface area contributed by atoms with Gasteiger partial charge in [-0.2, -0.15) is 5.10 Å². The molecule has 13 heavy (non-hydrogen) atoms. The van der Waals surface area contributed by atoms with Gasteiger partial charge in [0.05, 0.1) is 11.7 Å². The Morgan fingerprint density at radius 3 is 3.08 bits per heavy atom. The molecule has 0 amide bonds. The maximum Gasteiger partial charge on any atom is 0.122 e. The zero-order chi connectivity index (χ0) is 9.26. The van der Waals surface area contributed by atoms with Gasteiger partial charge in [0.2, 0.25) is 0 Å². The van der Waals surface area contributed by atoms with Crippen LogP contribution in [0.4, 0.5) is 4.39 Å². The third kappa shape index (κ3) is 1.46.